The molecule has 2 heterocycles. The van der Waals surface area contributed by atoms with E-state index < -0.39 is 17.7 Å². The van der Waals surface area contributed by atoms with Crippen LogP contribution in [-0.2, 0) is 20.9 Å². The molecule has 1 unspecified atom stereocenters. The molecule has 0 spiro atoms. The Labute approximate surface area is 246 Å². The van der Waals surface area contributed by atoms with Gasteiger partial charge in [-0.2, -0.15) is 13.2 Å². The number of allylic oxidation sites excluding steroid dienone is 2. The van der Waals surface area contributed by atoms with Crippen LogP contribution in [-0.4, -0.2) is 71.9 Å². The summed E-state index contributed by atoms with van der Waals surface area (Å²) in [5.74, 6) is -3.06. The third-order valence-corrected chi connectivity index (χ3v) is 7.37. The smallest absolute Gasteiger partial charge is 0.475 e. The van der Waals surface area contributed by atoms with Crippen LogP contribution in [0.4, 0.5) is 18.9 Å². The number of ether oxygens (including phenoxy) is 1. The lowest BCUT2D eigenvalue weighted by Gasteiger charge is -2.40. The number of carbonyl (C=O) groups excluding carboxylic acids is 2. The van der Waals surface area contributed by atoms with Crippen molar-refractivity contribution in [1.82, 2.24) is 10.2 Å². The van der Waals surface area contributed by atoms with Crippen molar-refractivity contribution in [2.24, 2.45) is 0 Å². The van der Waals surface area contributed by atoms with Crippen molar-refractivity contribution in [2.75, 3.05) is 31.1 Å². The number of carboxylic acid groups (broad SMARTS) is 1. The van der Waals surface area contributed by atoms with Gasteiger partial charge in [0, 0.05) is 29.2 Å². The van der Waals surface area contributed by atoms with Gasteiger partial charge in [0.2, 0.25) is 5.91 Å². The number of amides is 2. The van der Waals surface area contributed by atoms with Gasteiger partial charge >= 0.3 is 12.1 Å². The molecule has 0 aromatic heterocycles. The van der Waals surface area contributed by atoms with Gasteiger partial charge in [0.05, 0.1) is 12.6 Å². The van der Waals surface area contributed by atoms with Crippen LogP contribution in [0.15, 0.2) is 72.8 Å². The van der Waals surface area contributed by atoms with Crippen LogP contribution >= 0.6 is 11.6 Å². The monoisotopic (exact) mass is 605 g/mol. The molecule has 0 bridgehead atoms. The molecule has 3 aliphatic rings. The third kappa shape index (κ3) is 7.99. The second-order valence-corrected chi connectivity index (χ2v) is 10.6. The zero-order valence-electron chi connectivity index (χ0n) is 22.6. The summed E-state index contributed by atoms with van der Waals surface area (Å²) in [6, 6.07) is 14.6. The Morgan fingerprint density at radius 2 is 1.71 bits per heavy atom. The first-order chi connectivity index (χ1) is 20.0. The summed E-state index contributed by atoms with van der Waals surface area (Å²) in [6.07, 6.45) is 5.89. The van der Waals surface area contributed by atoms with Gasteiger partial charge in [0.25, 0.3) is 5.91 Å². The molecule has 0 saturated carbocycles. The number of piperidine rings is 1. The maximum absolute atomic E-state index is 13.7. The van der Waals surface area contributed by atoms with Crippen molar-refractivity contribution in [3.8, 4) is 0 Å². The topological polar surface area (TPSA) is 99.2 Å². The first-order valence-electron chi connectivity index (χ1n) is 13.4. The minimum absolute atomic E-state index is 0.000871. The van der Waals surface area contributed by atoms with E-state index in [4.69, 9.17) is 26.2 Å². The van der Waals surface area contributed by atoms with E-state index in [2.05, 4.69) is 17.5 Å². The summed E-state index contributed by atoms with van der Waals surface area (Å²) in [5, 5.41) is 11.1. The molecule has 12 heteroatoms. The Hall–Kier alpha value is -3.67. The van der Waals surface area contributed by atoms with Gasteiger partial charge in [0.15, 0.2) is 0 Å². The predicted molar refractivity (Wildman–Crippen MR) is 151 cm³/mol. The van der Waals surface area contributed by atoms with Gasteiger partial charge in [-0.15, -0.1) is 0 Å². The standard InChI is InChI=1S/C28H30ClN3O3.C2HF3O2/c29-23-10-8-21(9-11-23)27(34)31-18-22-6-2-3-7-25(22)32(26(33)19-31)20-28(14-4-1-5-15-28)35-24-12-16-30-17-13-24;3-2(4,5)1(6)7/h1-11,14,24,30H,12-13,15-20H2;(H,6,7). The van der Waals surface area contributed by atoms with Crippen LogP contribution < -0.4 is 10.2 Å². The van der Waals surface area contributed by atoms with Gasteiger partial charge in [0.1, 0.15) is 12.1 Å². The number of fused-ring (bicyclic) bond motifs is 1. The van der Waals surface area contributed by atoms with Crippen molar-refractivity contribution in [3.63, 3.8) is 0 Å². The Kier molecular flexibility index (Phi) is 10.1. The molecule has 1 aliphatic carbocycles. The molecule has 2 aromatic rings. The number of aliphatic carboxylic acids is 1. The van der Waals surface area contributed by atoms with Crippen molar-refractivity contribution < 1.29 is 37.4 Å². The number of benzene rings is 2. The average molecular weight is 606 g/mol. The van der Waals surface area contributed by atoms with E-state index in [1.165, 1.54) is 0 Å². The number of hydrogen-bond acceptors (Lipinski definition) is 5. The van der Waals surface area contributed by atoms with E-state index in [1.807, 2.05) is 41.3 Å². The second kappa shape index (κ2) is 13.5. The quantitative estimate of drug-likeness (QED) is 0.499. The van der Waals surface area contributed by atoms with E-state index in [0.29, 0.717) is 30.1 Å². The molecule has 2 N–H and O–H groups in total. The molecule has 5 rings (SSSR count). The maximum Gasteiger partial charge on any atom is 0.490 e. The van der Waals surface area contributed by atoms with Crippen molar-refractivity contribution in [1.29, 1.82) is 0 Å². The first-order valence-corrected chi connectivity index (χ1v) is 13.8. The molecular formula is C30H31ClF3N3O5. The summed E-state index contributed by atoms with van der Waals surface area (Å²) < 4.78 is 38.5. The SMILES string of the molecule is O=C(O)C(F)(F)F.O=C(c1ccc(Cl)cc1)N1CC(=O)N(CC2(OC3CCNCC3)C=CC=CC2)c2ccccc2C1. The average Bonchev–Trinajstić information content (AvgIpc) is 3.10. The molecule has 224 valence electrons. The van der Waals surface area contributed by atoms with Crippen molar-refractivity contribution >= 4 is 35.1 Å². The fourth-order valence-corrected chi connectivity index (χ4v) is 5.17. The van der Waals surface area contributed by atoms with Gasteiger partial charge in [-0.3, -0.25) is 9.59 Å². The zero-order valence-corrected chi connectivity index (χ0v) is 23.4. The molecule has 42 heavy (non-hydrogen) atoms. The molecule has 1 atom stereocenters. The zero-order chi connectivity index (χ0) is 30.3. The van der Waals surface area contributed by atoms with E-state index in [9.17, 15) is 22.8 Å². The van der Waals surface area contributed by atoms with Crippen LogP contribution in [0.1, 0.15) is 35.2 Å². The molecule has 1 saturated heterocycles. The minimum atomic E-state index is -5.08. The molecule has 0 radical (unpaired) electrons. The first kappa shape index (κ1) is 31.3. The third-order valence-electron chi connectivity index (χ3n) is 7.12. The number of para-hydroxylation sites is 1. The highest BCUT2D eigenvalue weighted by Crippen LogP contribution is 2.33. The van der Waals surface area contributed by atoms with Crippen LogP contribution in [0.2, 0.25) is 5.02 Å². The van der Waals surface area contributed by atoms with Gasteiger partial charge < -0.3 is 25.0 Å². The molecule has 1 fully saturated rings. The normalized spacial score (nSPS) is 20.8. The lowest BCUT2D eigenvalue weighted by atomic mass is 9.92. The number of halogens is 4. The number of alkyl halides is 3. The predicted octanol–water partition coefficient (Wildman–Crippen LogP) is 4.99. The highest BCUT2D eigenvalue weighted by Gasteiger charge is 2.39. The minimum Gasteiger partial charge on any atom is -0.475 e. The van der Waals surface area contributed by atoms with Gasteiger partial charge in [-0.25, -0.2) is 4.79 Å². The lowest BCUT2D eigenvalue weighted by molar-refractivity contribution is -0.192. The number of hydrogen-bond donors (Lipinski definition) is 2. The summed E-state index contributed by atoms with van der Waals surface area (Å²) in [6.45, 7) is 2.63. The Balaban J connectivity index is 0.000000517. The Morgan fingerprint density at radius 1 is 1.05 bits per heavy atom. The van der Waals surface area contributed by atoms with Crippen LogP contribution in [0.3, 0.4) is 0 Å². The Morgan fingerprint density at radius 3 is 2.33 bits per heavy atom. The van der Waals surface area contributed by atoms with E-state index in [0.717, 1.165) is 37.2 Å². The molecular weight excluding hydrogens is 575 g/mol. The maximum atomic E-state index is 13.7. The second-order valence-electron chi connectivity index (χ2n) is 10.2. The largest absolute Gasteiger partial charge is 0.490 e. The van der Waals surface area contributed by atoms with Gasteiger partial charge in [-0.1, -0.05) is 54.1 Å². The van der Waals surface area contributed by atoms with E-state index in [1.54, 1.807) is 29.2 Å². The summed E-state index contributed by atoms with van der Waals surface area (Å²) in [5.41, 5.74) is 1.68. The number of anilines is 1. The summed E-state index contributed by atoms with van der Waals surface area (Å²) in [4.78, 5) is 39.3. The summed E-state index contributed by atoms with van der Waals surface area (Å²) in [7, 11) is 0. The fraction of sp³-hybridized carbons (Fsp3) is 0.367. The number of carbonyl (C=O) groups is 3. The van der Waals surface area contributed by atoms with E-state index >= 15 is 0 Å². The number of rotatable bonds is 5. The van der Waals surface area contributed by atoms with Gasteiger partial charge in [-0.05, 0) is 61.8 Å². The number of nitrogens with zero attached hydrogens (tertiary/aromatic N) is 2. The molecule has 2 aromatic carbocycles. The lowest BCUT2D eigenvalue weighted by Crippen LogP contribution is -2.51. The van der Waals surface area contributed by atoms with E-state index in [-0.39, 0.29) is 24.5 Å². The number of nitrogens with one attached hydrogen (secondary N) is 1. The fourth-order valence-electron chi connectivity index (χ4n) is 5.04. The number of carboxylic acids is 1. The Bertz CT molecular complexity index is 1340. The highest BCUT2D eigenvalue weighted by molar-refractivity contribution is 6.30. The van der Waals surface area contributed by atoms with Crippen molar-refractivity contribution in [3.05, 3.63) is 89.0 Å². The van der Waals surface area contributed by atoms with Crippen molar-refractivity contribution in [2.45, 2.75) is 43.7 Å². The molecule has 2 amide bonds. The van der Waals surface area contributed by atoms with Crippen LogP contribution in [0, 0.1) is 0 Å². The molecule has 8 nitrogen and oxygen atoms in total. The summed E-state index contributed by atoms with van der Waals surface area (Å²) >= 11 is 6.00. The highest BCUT2D eigenvalue weighted by atomic mass is 35.5. The van der Waals surface area contributed by atoms with Crippen LogP contribution in [0.25, 0.3) is 0 Å². The molecule has 2 aliphatic heterocycles. The van der Waals surface area contributed by atoms with Crippen LogP contribution in [0.5, 0.6) is 0 Å².